The van der Waals surface area contributed by atoms with Crippen LogP contribution in [-0.4, -0.2) is 39.2 Å². The largest absolute Gasteiger partial charge is 0.456 e. The van der Waals surface area contributed by atoms with Crippen LogP contribution < -0.4 is 5.32 Å². The zero-order chi connectivity index (χ0) is 21.1. The Balaban J connectivity index is 1.39. The second-order valence-electron chi connectivity index (χ2n) is 6.83. The molecule has 7 nitrogen and oxygen atoms in total. The summed E-state index contributed by atoms with van der Waals surface area (Å²) in [6, 6.07) is 17.4. The second-order valence-corrected chi connectivity index (χ2v) is 7.96. The van der Waals surface area contributed by atoms with Gasteiger partial charge in [-0.25, -0.2) is 4.79 Å². The molecule has 1 saturated heterocycles. The van der Waals surface area contributed by atoms with E-state index in [0.29, 0.717) is 0 Å². The lowest BCUT2D eigenvalue weighted by Crippen LogP contribution is -2.70. The monoisotopic (exact) mass is 422 g/mol. The summed E-state index contributed by atoms with van der Waals surface area (Å²) < 4.78 is 5.26. The molecule has 0 saturated carbocycles. The van der Waals surface area contributed by atoms with E-state index in [9.17, 15) is 19.2 Å². The van der Waals surface area contributed by atoms with Crippen molar-refractivity contribution < 1.29 is 23.9 Å². The highest BCUT2D eigenvalue weighted by Gasteiger charge is 2.54. The van der Waals surface area contributed by atoms with Gasteiger partial charge in [-0.15, -0.1) is 0 Å². The molecule has 0 aliphatic carbocycles. The Morgan fingerprint density at radius 2 is 1.60 bits per heavy atom. The summed E-state index contributed by atoms with van der Waals surface area (Å²) in [6.45, 7) is 0.0300. The van der Waals surface area contributed by atoms with Crippen molar-refractivity contribution in [3.8, 4) is 0 Å². The number of fused-ring (bicyclic) bond motifs is 1. The third kappa shape index (κ3) is 4.13. The van der Waals surface area contributed by atoms with Gasteiger partial charge in [-0.3, -0.25) is 19.3 Å². The molecule has 1 fully saturated rings. The number of rotatable bonds is 6. The van der Waals surface area contributed by atoms with E-state index in [4.69, 9.17) is 4.74 Å². The zero-order valence-electron chi connectivity index (χ0n) is 15.8. The van der Waals surface area contributed by atoms with Gasteiger partial charge in [0.05, 0.1) is 6.42 Å². The predicted molar refractivity (Wildman–Crippen MR) is 110 cm³/mol. The normalized spacial score (nSPS) is 20.0. The van der Waals surface area contributed by atoms with Gasteiger partial charge in [0.15, 0.2) is 0 Å². The lowest BCUT2D eigenvalue weighted by Gasteiger charge is -2.47. The summed E-state index contributed by atoms with van der Waals surface area (Å²) in [5.41, 5.74) is 1.51. The minimum absolute atomic E-state index is 0.0300. The molecule has 2 heterocycles. The number of ether oxygens (including phenoxy) is 1. The molecule has 2 aromatic carbocycles. The molecule has 152 valence electrons. The van der Waals surface area contributed by atoms with Gasteiger partial charge < -0.3 is 10.1 Å². The first kappa shape index (κ1) is 19.9. The van der Waals surface area contributed by atoms with Crippen LogP contribution in [0.25, 0.3) is 0 Å². The molecule has 2 aliphatic heterocycles. The number of thioether (sulfide) groups is 1. The SMILES string of the molecule is O=C(Cc1ccccc1)N[C@@H]1C(=O)N2C(C(=O)OCc3ccccc3)=CC(=O)S[C@H]12. The Hall–Kier alpha value is -3.39. The molecule has 4 rings (SSSR count). The van der Waals surface area contributed by atoms with Crippen molar-refractivity contribution in [3.63, 3.8) is 0 Å². The maximum Gasteiger partial charge on any atom is 0.355 e. The smallest absolute Gasteiger partial charge is 0.355 e. The van der Waals surface area contributed by atoms with Crippen LogP contribution in [0.4, 0.5) is 0 Å². The van der Waals surface area contributed by atoms with Gasteiger partial charge in [-0.1, -0.05) is 72.4 Å². The lowest BCUT2D eigenvalue weighted by molar-refractivity contribution is -0.153. The number of esters is 1. The molecule has 0 aromatic heterocycles. The van der Waals surface area contributed by atoms with E-state index in [0.717, 1.165) is 29.0 Å². The maximum atomic E-state index is 12.6. The van der Waals surface area contributed by atoms with Gasteiger partial charge in [-0.2, -0.15) is 0 Å². The van der Waals surface area contributed by atoms with Crippen molar-refractivity contribution in [2.45, 2.75) is 24.4 Å². The molecule has 2 aromatic rings. The summed E-state index contributed by atoms with van der Waals surface area (Å²) in [7, 11) is 0. The molecule has 0 spiro atoms. The number of amides is 2. The van der Waals surface area contributed by atoms with Crippen molar-refractivity contribution in [3.05, 3.63) is 83.6 Å². The van der Waals surface area contributed by atoms with Crippen LogP contribution in [0.15, 0.2) is 72.4 Å². The van der Waals surface area contributed by atoms with Gasteiger partial charge >= 0.3 is 5.97 Å². The first-order valence-corrected chi connectivity index (χ1v) is 10.2. The standard InChI is InChI=1S/C22H18N2O5S/c25-17(11-14-7-3-1-4-8-14)23-19-20(27)24-16(12-18(26)30-21(19)24)22(28)29-13-15-9-5-2-6-10-15/h1-10,12,19,21H,11,13H2,(H,23,25)/t19-,21-/m1/s1. The van der Waals surface area contributed by atoms with Crippen LogP contribution in [0, 0.1) is 0 Å². The molecule has 2 atom stereocenters. The van der Waals surface area contributed by atoms with Gasteiger partial charge in [-0.05, 0) is 11.1 Å². The Morgan fingerprint density at radius 3 is 2.27 bits per heavy atom. The molecule has 30 heavy (non-hydrogen) atoms. The second kappa shape index (κ2) is 8.54. The van der Waals surface area contributed by atoms with Crippen molar-refractivity contribution in [1.29, 1.82) is 0 Å². The van der Waals surface area contributed by atoms with Crippen molar-refractivity contribution >= 4 is 34.7 Å². The number of hydrogen-bond acceptors (Lipinski definition) is 6. The number of hydrogen-bond donors (Lipinski definition) is 1. The summed E-state index contributed by atoms with van der Waals surface area (Å²) in [4.78, 5) is 50.7. The van der Waals surface area contributed by atoms with Crippen LogP contribution in [0.5, 0.6) is 0 Å². The Bertz CT molecular complexity index is 1020. The fourth-order valence-corrected chi connectivity index (χ4v) is 4.33. The number of benzene rings is 2. The average Bonchev–Trinajstić information content (AvgIpc) is 2.76. The molecule has 0 bridgehead atoms. The van der Waals surface area contributed by atoms with Gasteiger partial charge in [0, 0.05) is 6.08 Å². The van der Waals surface area contributed by atoms with E-state index in [-0.39, 0.29) is 29.7 Å². The number of carbonyl (C=O) groups is 4. The molecule has 2 aliphatic rings. The van der Waals surface area contributed by atoms with Crippen LogP contribution in [0.3, 0.4) is 0 Å². The number of carbonyl (C=O) groups excluding carboxylic acids is 4. The quantitative estimate of drug-likeness (QED) is 0.564. The third-order valence-corrected chi connectivity index (χ3v) is 5.81. The van der Waals surface area contributed by atoms with Gasteiger partial charge in [0.25, 0.3) is 5.91 Å². The van der Waals surface area contributed by atoms with E-state index in [2.05, 4.69) is 5.32 Å². The summed E-state index contributed by atoms with van der Waals surface area (Å²) in [6.07, 6.45) is 1.23. The highest BCUT2D eigenvalue weighted by Crippen LogP contribution is 2.38. The summed E-state index contributed by atoms with van der Waals surface area (Å²) in [5.74, 6) is -1.51. The maximum absolute atomic E-state index is 12.6. The average molecular weight is 422 g/mol. The first-order chi connectivity index (χ1) is 14.5. The fraction of sp³-hybridized carbons (Fsp3) is 0.182. The first-order valence-electron chi connectivity index (χ1n) is 9.32. The predicted octanol–water partition coefficient (Wildman–Crippen LogP) is 1.78. The molecular formula is C22H18N2O5S. The highest BCUT2D eigenvalue weighted by molar-refractivity contribution is 8.14. The van der Waals surface area contributed by atoms with Crippen LogP contribution in [0.2, 0.25) is 0 Å². The van der Waals surface area contributed by atoms with Crippen molar-refractivity contribution in [2.24, 2.45) is 0 Å². The Kier molecular flexibility index (Phi) is 5.67. The molecular weight excluding hydrogens is 404 g/mol. The number of nitrogens with zero attached hydrogens (tertiary/aromatic N) is 1. The van der Waals surface area contributed by atoms with E-state index >= 15 is 0 Å². The fourth-order valence-electron chi connectivity index (χ4n) is 3.27. The summed E-state index contributed by atoms with van der Waals surface area (Å²) >= 11 is 0.899. The Labute approximate surface area is 177 Å². The van der Waals surface area contributed by atoms with E-state index in [1.165, 1.54) is 4.90 Å². The van der Waals surface area contributed by atoms with E-state index in [1.54, 1.807) is 12.1 Å². The van der Waals surface area contributed by atoms with Gasteiger partial charge in [0.2, 0.25) is 11.0 Å². The molecule has 2 amide bonds. The van der Waals surface area contributed by atoms with Gasteiger partial charge in [0.1, 0.15) is 23.7 Å². The highest BCUT2D eigenvalue weighted by atomic mass is 32.2. The van der Waals surface area contributed by atoms with Crippen LogP contribution in [0.1, 0.15) is 11.1 Å². The van der Waals surface area contributed by atoms with Crippen LogP contribution in [-0.2, 0) is 36.9 Å². The van der Waals surface area contributed by atoms with Crippen LogP contribution >= 0.6 is 11.8 Å². The van der Waals surface area contributed by atoms with Crippen molar-refractivity contribution in [2.75, 3.05) is 0 Å². The minimum atomic E-state index is -0.860. The molecule has 0 unspecified atom stereocenters. The number of nitrogens with one attached hydrogen (secondary N) is 1. The lowest BCUT2D eigenvalue weighted by atomic mass is 10.0. The number of β-lactam (4-membered cyclic amide) rings is 1. The third-order valence-electron chi connectivity index (χ3n) is 4.74. The topological polar surface area (TPSA) is 92.8 Å². The molecule has 1 N–H and O–H groups in total. The van der Waals surface area contributed by atoms with E-state index < -0.39 is 23.3 Å². The Morgan fingerprint density at radius 1 is 0.967 bits per heavy atom. The minimum Gasteiger partial charge on any atom is -0.456 e. The molecule has 8 heteroatoms. The van der Waals surface area contributed by atoms with Crippen molar-refractivity contribution in [1.82, 2.24) is 10.2 Å². The summed E-state index contributed by atoms with van der Waals surface area (Å²) in [5, 5.41) is 1.65. The van der Waals surface area contributed by atoms with E-state index in [1.807, 2.05) is 48.5 Å². The molecule has 0 radical (unpaired) electrons. The zero-order valence-corrected chi connectivity index (χ0v) is 16.6.